The molecule has 2 rings (SSSR count). The predicted octanol–water partition coefficient (Wildman–Crippen LogP) is 4.29. The van der Waals surface area contributed by atoms with E-state index < -0.39 is 0 Å². The van der Waals surface area contributed by atoms with Crippen LogP contribution in [0.4, 0.5) is 0 Å². The summed E-state index contributed by atoms with van der Waals surface area (Å²) in [5.41, 5.74) is 2.44. The summed E-state index contributed by atoms with van der Waals surface area (Å²) in [5.74, 6) is 1.79. The second kappa shape index (κ2) is 6.39. The largest absolute Gasteiger partial charge is 0.457 e. The number of ether oxygens (including phenoxy) is 1. The fourth-order valence-electron chi connectivity index (χ4n) is 1.87. The molecule has 19 heavy (non-hydrogen) atoms. The quantitative estimate of drug-likeness (QED) is 0.860. The molecule has 0 spiro atoms. The minimum Gasteiger partial charge on any atom is -0.457 e. The molecule has 0 radical (unpaired) electrons. The van der Waals surface area contributed by atoms with Crippen molar-refractivity contribution in [2.24, 2.45) is 0 Å². The van der Waals surface area contributed by atoms with E-state index >= 15 is 0 Å². The zero-order valence-corrected chi connectivity index (χ0v) is 11.8. The van der Waals surface area contributed by atoms with Gasteiger partial charge in [-0.05, 0) is 36.2 Å². The minimum atomic E-state index is 0.501. The summed E-state index contributed by atoms with van der Waals surface area (Å²) in [7, 11) is 0. The van der Waals surface area contributed by atoms with E-state index in [4.69, 9.17) is 4.74 Å². The summed E-state index contributed by atoms with van der Waals surface area (Å²) in [5, 5.41) is 3.42. The number of benzene rings is 2. The van der Waals surface area contributed by atoms with Crippen LogP contribution in [0.5, 0.6) is 11.5 Å². The van der Waals surface area contributed by atoms with E-state index in [9.17, 15) is 0 Å². The number of nitrogens with one attached hydrogen (secondary N) is 1. The molecule has 1 N–H and O–H groups in total. The summed E-state index contributed by atoms with van der Waals surface area (Å²) in [6.45, 7) is 7.28. The van der Waals surface area contributed by atoms with Crippen molar-refractivity contribution in [2.45, 2.75) is 33.4 Å². The van der Waals surface area contributed by atoms with Gasteiger partial charge in [-0.2, -0.15) is 0 Å². The molecule has 0 fully saturated rings. The monoisotopic (exact) mass is 255 g/mol. The first-order chi connectivity index (χ1) is 9.15. The van der Waals surface area contributed by atoms with Crippen molar-refractivity contribution in [3.63, 3.8) is 0 Å². The maximum Gasteiger partial charge on any atom is 0.130 e. The van der Waals surface area contributed by atoms with Crippen molar-refractivity contribution in [3.05, 3.63) is 59.7 Å². The summed E-state index contributed by atoms with van der Waals surface area (Å²) in [4.78, 5) is 0. The molecule has 0 atom stereocenters. The molecule has 0 unspecified atom stereocenters. The van der Waals surface area contributed by atoms with E-state index in [1.165, 1.54) is 5.56 Å². The first-order valence-corrected chi connectivity index (χ1v) is 6.71. The minimum absolute atomic E-state index is 0.501. The van der Waals surface area contributed by atoms with Gasteiger partial charge in [-0.15, -0.1) is 0 Å². The van der Waals surface area contributed by atoms with Gasteiger partial charge in [-0.3, -0.25) is 0 Å². The predicted molar refractivity (Wildman–Crippen MR) is 79.7 cm³/mol. The first-order valence-electron chi connectivity index (χ1n) is 6.71. The van der Waals surface area contributed by atoms with E-state index in [2.05, 4.69) is 38.2 Å². The highest BCUT2D eigenvalue weighted by Gasteiger charge is 2.03. The van der Waals surface area contributed by atoms with Gasteiger partial charge in [0.15, 0.2) is 0 Å². The maximum absolute atomic E-state index is 5.87. The Labute approximate surface area is 115 Å². The second-order valence-electron chi connectivity index (χ2n) is 5.05. The third kappa shape index (κ3) is 4.11. The lowest BCUT2D eigenvalue weighted by Gasteiger charge is -2.12. The topological polar surface area (TPSA) is 21.3 Å². The zero-order chi connectivity index (χ0) is 13.7. The lowest BCUT2D eigenvalue weighted by Crippen LogP contribution is -2.21. The fourth-order valence-corrected chi connectivity index (χ4v) is 1.87. The van der Waals surface area contributed by atoms with Crippen LogP contribution in [-0.4, -0.2) is 6.04 Å². The van der Waals surface area contributed by atoms with Gasteiger partial charge in [-0.1, -0.05) is 44.2 Å². The average molecular weight is 255 g/mol. The molecule has 0 heterocycles. The van der Waals surface area contributed by atoms with Crippen LogP contribution in [0.2, 0.25) is 0 Å². The SMILES string of the molecule is Cc1cc(CNC(C)C)ccc1Oc1ccccc1. The summed E-state index contributed by atoms with van der Waals surface area (Å²) in [6.07, 6.45) is 0. The highest BCUT2D eigenvalue weighted by molar-refractivity contribution is 5.39. The van der Waals surface area contributed by atoms with Crippen LogP contribution in [0.15, 0.2) is 48.5 Å². The van der Waals surface area contributed by atoms with Crippen molar-refractivity contribution >= 4 is 0 Å². The molecule has 0 aromatic heterocycles. The summed E-state index contributed by atoms with van der Waals surface area (Å²) in [6, 6.07) is 16.7. The first kappa shape index (κ1) is 13.6. The van der Waals surface area contributed by atoms with Gasteiger partial charge in [0.05, 0.1) is 0 Å². The number of hydrogen-bond donors (Lipinski definition) is 1. The van der Waals surface area contributed by atoms with Gasteiger partial charge in [-0.25, -0.2) is 0 Å². The van der Waals surface area contributed by atoms with Crippen molar-refractivity contribution in [1.82, 2.24) is 5.32 Å². The smallest absolute Gasteiger partial charge is 0.130 e. The molecule has 2 heteroatoms. The van der Waals surface area contributed by atoms with Crippen LogP contribution in [0.25, 0.3) is 0 Å². The van der Waals surface area contributed by atoms with E-state index in [0.29, 0.717) is 6.04 Å². The molecular formula is C17H21NO. The van der Waals surface area contributed by atoms with Gasteiger partial charge in [0.1, 0.15) is 11.5 Å². The highest BCUT2D eigenvalue weighted by Crippen LogP contribution is 2.25. The summed E-state index contributed by atoms with van der Waals surface area (Å²) >= 11 is 0. The third-order valence-electron chi connectivity index (χ3n) is 2.92. The Bertz CT molecular complexity index is 520. The molecule has 2 aromatic rings. The zero-order valence-electron chi connectivity index (χ0n) is 11.8. The Morgan fingerprint density at radius 3 is 2.42 bits per heavy atom. The van der Waals surface area contributed by atoms with Crippen molar-refractivity contribution in [3.8, 4) is 11.5 Å². The number of aryl methyl sites for hydroxylation is 1. The molecule has 0 aliphatic rings. The van der Waals surface area contributed by atoms with Crippen molar-refractivity contribution in [2.75, 3.05) is 0 Å². The van der Waals surface area contributed by atoms with E-state index in [1.807, 2.05) is 36.4 Å². The van der Waals surface area contributed by atoms with Gasteiger partial charge >= 0.3 is 0 Å². The normalized spacial score (nSPS) is 10.7. The Morgan fingerprint density at radius 2 is 1.79 bits per heavy atom. The Morgan fingerprint density at radius 1 is 1.05 bits per heavy atom. The molecule has 2 aromatic carbocycles. The molecule has 0 amide bonds. The Hall–Kier alpha value is -1.80. The van der Waals surface area contributed by atoms with Crippen LogP contribution >= 0.6 is 0 Å². The van der Waals surface area contributed by atoms with Gasteiger partial charge in [0, 0.05) is 12.6 Å². The third-order valence-corrected chi connectivity index (χ3v) is 2.92. The lowest BCUT2D eigenvalue weighted by molar-refractivity contribution is 0.478. The molecule has 0 bridgehead atoms. The van der Waals surface area contributed by atoms with Crippen LogP contribution in [-0.2, 0) is 6.54 Å². The lowest BCUT2D eigenvalue weighted by atomic mass is 10.1. The van der Waals surface area contributed by atoms with Crippen molar-refractivity contribution in [1.29, 1.82) is 0 Å². The number of rotatable bonds is 5. The van der Waals surface area contributed by atoms with Crippen LogP contribution in [0.3, 0.4) is 0 Å². The van der Waals surface area contributed by atoms with Crippen LogP contribution in [0.1, 0.15) is 25.0 Å². The molecular weight excluding hydrogens is 234 g/mol. The van der Waals surface area contributed by atoms with Crippen molar-refractivity contribution < 1.29 is 4.74 Å². The van der Waals surface area contributed by atoms with E-state index in [1.54, 1.807) is 0 Å². The Balaban J connectivity index is 2.07. The van der Waals surface area contributed by atoms with Gasteiger partial charge in [0.2, 0.25) is 0 Å². The average Bonchev–Trinajstić information content (AvgIpc) is 2.40. The molecule has 0 aliphatic carbocycles. The summed E-state index contributed by atoms with van der Waals surface area (Å²) < 4.78 is 5.87. The van der Waals surface area contributed by atoms with Gasteiger partial charge in [0.25, 0.3) is 0 Å². The molecule has 0 saturated heterocycles. The van der Waals surface area contributed by atoms with Crippen LogP contribution in [0, 0.1) is 6.92 Å². The molecule has 2 nitrogen and oxygen atoms in total. The second-order valence-corrected chi connectivity index (χ2v) is 5.05. The molecule has 100 valence electrons. The molecule has 0 saturated carbocycles. The standard InChI is InChI=1S/C17H21NO/c1-13(2)18-12-15-9-10-17(14(3)11-15)19-16-7-5-4-6-8-16/h4-11,13,18H,12H2,1-3H3. The highest BCUT2D eigenvalue weighted by atomic mass is 16.5. The van der Waals surface area contributed by atoms with E-state index in [-0.39, 0.29) is 0 Å². The van der Waals surface area contributed by atoms with E-state index in [0.717, 1.165) is 23.6 Å². The number of hydrogen-bond acceptors (Lipinski definition) is 2. The maximum atomic E-state index is 5.87. The van der Waals surface area contributed by atoms with Crippen LogP contribution < -0.4 is 10.1 Å². The van der Waals surface area contributed by atoms with Gasteiger partial charge < -0.3 is 10.1 Å². The number of para-hydroxylation sites is 1. The molecule has 0 aliphatic heterocycles. The fraction of sp³-hybridized carbons (Fsp3) is 0.294. The Kier molecular flexibility index (Phi) is 4.58.